The van der Waals surface area contributed by atoms with Gasteiger partial charge in [-0.15, -0.1) is 0 Å². The first-order valence-corrected chi connectivity index (χ1v) is 19.2. The normalized spacial score (nSPS) is 12.2. The second kappa shape index (κ2) is 11.4. The molecule has 9 aromatic carbocycles. The van der Waals surface area contributed by atoms with Gasteiger partial charge in [0, 0.05) is 43.4 Å². The van der Waals surface area contributed by atoms with Crippen LogP contribution in [0, 0.1) is 0 Å². The van der Waals surface area contributed by atoms with Crippen LogP contribution in [0.3, 0.4) is 0 Å². The zero-order valence-corrected chi connectivity index (χ0v) is 30.4. The Balaban J connectivity index is 1.21. The summed E-state index contributed by atoms with van der Waals surface area (Å²) in [7, 11) is 0. The molecule has 6 nitrogen and oxygen atoms in total. The topological polar surface area (TPSA) is 61.7 Å². The standard InChI is InChI=1S/C51H29N5O/c1-3-14-30(15-4-1)49-52-50(31-16-5-2-6-17-31)54-51(53-49)56-41-24-12-10-21-35(41)39-27-26-38-34-20-9-11-23-40(34)55(46(38)47(39)56)42-29-28-37-33-19-8-7-18-32(33)36-22-13-25-43-44(36)45(37)48(42)57-43/h1-29H. The van der Waals surface area contributed by atoms with Gasteiger partial charge in [0.05, 0.1) is 27.8 Å². The first kappa shape index (κ1) is 30.5. The Morgan fingerprint density at radius 2 is 0.842 bits per heavy atom. The Morgan fingerprint density at radius 3 is 1.47 bits per heavy atom. The van der Waals surface area contributed by atoms with Gasteiger partial charge in [0.2, 0.25) is 5.95 Å². The van der Waals surface area contributed by atoms with Crippen LogP contribution in [0.5, 0.6) is 0 Å². The van der Waals surface area contributed by atoms with Crippen LogP contribution >= 0.6 is 0 Å². The van der Waals surface area contributed by atoms with E-state index in [1.54, 1.807) is 0 Å². The van der Waals surface area contributed by atoms with E-state index in [1.807, 2.05) is 36.4 Å². The Morgan fingerprint density at radius 1 is 0.351 bits per heavy atom. The molecule has 0 amide bonds. The number of fused-ring (bicyclic) bond motifs is 10. The fraction of sp³-hybridized carbons (Fsp3) is 0. The van der Waals surface area contributed by atoms with Crippen LogP contribution in [0.2, 0.25) is 0 Å². The average Bonchev–Trinajstić information content (AvgIpc) is 3.95. The molecule has 13 rings (SSSR count). The van der Waals surface area contributed by atoms with E-state index < -0.39 is 0 Å². The van der Waals surface area contributed by atoms with Gasteiger partial charge in [0.25, 0.3) is 0 Å². The highest BCUT2D eigenvalue weighted by molar-refractivity contribution is 6.34. The van der Waals surface area contributed by atoms with Crippen molar-refractivity contribution in [1.82, 2.24) is 24.1 Å². The largest absolute Gasteiger partial charge is 0.454 e. The van der Waals surface area contributed by atoms with E-state index in [0.717, 1.165) is 82.4 Å². The van der Waals surface area contributed by atoms with Crippen molar-refractivity contribution in [3.63, 3.8) is 0 Å². The van der Waals surface area contributed by atoms with Gasteiger partial charge in [-0.3, -0.25) is 4.57 Å². The number of nitrogens with zero attached hydrogens (tertiary/aromatic N) is 5. The molecule has 6 heteroatoms. The molecule has 264 valence electrons. The first-order valence-electron chi connectivity index (χ1n) is 19.2. The van der Waals surface area contributed by atoms with E-state index in [2.05, 4.69) is 149 Å². The predicted molar refractivity (Wildman–Crippen MR) is 233 cm³/mol. The molecule has 0 aliphatic rings. The molecule has 0 aliphatic heterocycles. The van der Waals surface area contributed by atoms with Gasteiger partial charge in [-0.2, -0.15) is 9.97 Å². The second-order valence-corrected chi connectivity index (χ2v) is 14.7. The quantitative estimate of drug-likeness (QED) is 0.169. The number of aromatic nitrogens is 5. The lowest BCUT2D eigenvalue weighted by molar-refractivity contribution is 0.667. The fourth-order valence-electron chi connectivity index (χ4n) is 9.34. The second-order valence-electron chi connectivity index (χ2n) is 14.7. The summed E-state index contributed by atoms with van der Waals surface area (Å²) in [5.41, 5.74) is 8.76. The molecule has 0 N–H and O–H groups in total. The minimum absolute atomic E-state index is 0.554. The number of rotatable bonds is 4. The highest BCUT2D eigenvalue weighted by atomic mass is 16.3. The van der Waals surface area contributed by atoms with Gasteiger partial charge >= 0.3 is 0 Å². The maximum atomic E-state index is 6.99. The van der Waals surface area contributed by atoms with E-state index in [0.29, 0.717) is 17.6 Å². The van der Waals surface area contributed by atoms with Crippen molar-refractivity contribution in [3.05, 3.63) is 176 Å². The van der Waals surface area contributed by atoms with Crippen molar-refractivity contribution in [1.29, 1.82) is 0 Å². The van der Waals surface area contributed by atoms with E-state index in [1.165, 1.54) is 21.5 Å². The van der Waals surface area contributed by atoms with Gasteiger partial charge in [-0.1, -0.05) is 152 Å². The first-order chi connectivity index (χ1) is 28.3. The third kappa shape index (κ3) is 4.16. The van der Waals surface area contributed by atoms with Gasteiger partial charge in [-0.25, -0.2) is 4.98 Å². The van der Waals surface area contributed by atoms with Crippen molar-refractivity contribution in [3.8, 4) is 34.4 Å². The predicted octanol–water partition coefficient (Wildman–Crippen LogP) is 13.0. The monoisotopic (exact) mass is 727 g/mol. The summed E-state index contributed by atoms with van der Waals surface area (Å²) < 4.78 is 11.6. The summed E-state index contributed by atoms with van der Waals surface area (Å²) in [6.45, 7) is 0. The number of furan rings is 1. The molecule has 13 aromatic rings. The maximum Gasteiger partial charge on any atom is 0.238 e. The van der Waals surface area contributed by atoms with E-state index in [-0.39, 0.29) is 0 Å². The van der Waals surface area contributed by atoms with Gasteiger partial charge in [-0.05, 0) is 45.8 Å². The molecular formula is C51H29N5O. The van der Waals surface area contributed by atoms with Crippen LogP contribution in [-0.4, -0.2) is 24.1 Å². The van der Waals surface area contributed by atoms with Crippen LogP contribution in [-0.2, 0) is 0 Å². The van der Waals surface area contributed by atoms with Gasteiger partial charge in [0.15, 0.2) is 17.2 Å². The van der Waals surface area contributed by atoms with Crippen molar-refractivity contribution >= 4 is 87.1 Å². The Kier molecular flexibility index (Phi) is 6.07. The molecule has 57 heavy (non-hydrogen) atoms. The highest BCUT2D eigenvalue weighted by Gasteiger charge is 2.26. The van der Waals surface area contributed by atoms with Crippen molar-refractivity contribution < 1.29 is 4.42 Å². The van der Waals surface area contributed by atoms with Crippen LogP contribution in [0.25, 0.3) is 122 Å². The molecule has 0 bridgehead atoms. The molecule has 0 spiro atoms. The Labute approximate surface area is 324 Å². The molecule has 4 aromatic heterocycles. The molecular weight excluding hydrogens is 699 g/mol. The minimum Gasteiger partial charge on any atom is -0.454 e. The SMILES string of the molecule is c1ccc(-c2nc(-c3ccccc3)nc(-n3c4ccccc4c4ccc5c6ccccc6n(-c6ccc7c8ccccc8c8cccc9oc6c7c98)c5c43)n2)cc1. The summed E-state index contributed by atoms with van der Waals surface area (Å²) in [5, 5.41) is 11.7. The van der Waals surface area contributed by atoms with Crippen molar-refractivity contribution in [2.75, 3.05) is 0 Å². The number of para-hydroxylation sites is 2. The third-order valence-corrected chi connectivity index (χ3v) is 11.7. The van der Waals surface area contributed by atoms with Crippen LogP contribution in [0.1, 0.15) is 0 Å². The summed E-state index contributed by atoms with van der Waals surface area (Å²) in [6, 6.07) is 61.7. The van der Waals surface area contributed by atoms with Crippen LogP contribution in [0.4, 0.5) is 0 Å². The van der Waals surface area contributed by atoms with Gasteiger partial charge in [0.1, 0.15) is 5.58 Å². The van der Waals surface area contributed by atoms with Crippen molar-refractivity contribution in [2.45, 2.75) is 0 Å². The Bertz CT molecular complexity index is 3690. The zero-order chi connectivity index (χ0) is 37.2. The molecule has 0 aliphatic carbocycles. The number of hydrogen-bond acceptors (Lipinski definition) is 4. The van der Waals surface area contributed by atoms with E-state index in [4.69, 9.17) is 19.4 Å². The smallest absolute Gasteiger partial charge is 0.238 e. The summed E-state index contributed by atoms with van der Waals surface area (Å²) >= 11 is 0. The van der Waals surface area contributed by atoms with E-state index in [9.17, 15) is 0 Å². The van der Waals surface area contributed by atoms with Crippen LogP contribution < -0.4 is 0 Å². The summed E-state index contributed by atoms with van der Waals surface area (Å²) in [6.07, 6.45) is 0. The lowest BCUT2D eigenvalue weighted by Crippen LogP contribution is -2.07. The minimum atomic E-state index is 0.554. The zero-order valence-electron chi connectivity index (χ0n) is 30.4. The molecule has 4 heterocycles. The molecule has 0 saturated carbocycles. The average molecular weight is 728 g/mol. The third-order valence-electron chi connectivity index (χ3n) is 11.7. The lowest BCUT2D eigenvalue weighted by atomic mass is 9.94. The van der Waals surface area contributed by atoms with Gasteiger partial charge < -0.3 is 8.98 Å². The highest BCUT2D eigenvalue weighted by Crippen LogP contribution is 2.47. The molecule has 0 radical (unpaired) electrons. The van der Waals surface area contributed by atoms with Crippen molar-refractivity contribution in [2.24, 2.45) is 0 Å². The summed E-state index contributed by atoms with van der Waals surface area (Å²) in [5.74, 6) is 1.78. The lowest BCUT2D eigenvalue weighted by Gasteiger charge is -2.14. The molecule has 0 unspecified atom stereocenters. The fourth-order valence-corrected chi connectivity index (χ4v) is 9.34. The Hall–Kier alpha value is -7.83. The molecule has 0 fully saturated rings. The van der Waals surface area contributed by atoms with E-state index >= 15 is 0 Å². The molecule has 0 saturated heterocycles. The molecule has 0 atom stereocenters. The number of hydrogen-bond donors (Lipinski definition) is 0. The number of benzene rings is 9. The maximum absolute atomic E-state index is 6.99. The summed E-state index contributed by atoms with van der Waals surface area (Å²) in [4.78, 5) is 15.6. The van der Waals surface area contributed by atoms with Crippen LogP contribution in [0.15, 0.2) is 180 Å².